The highest BCUT2D eigenvalue weighted by Gasteiger charge is 2.11. The van der Waals surface area contributed by atoms with E-state index in [-0.39, 0.29) is 6.04 Å². The second-order valence-electron chi connectivity index (χ2n) is 5.33. The quantitative estimate of drug-likeness (QED) is 0.773. The van der Waals surface area contributed by atoms with E-state index in [1.165, 1.54) is 18.2 Å². The van der Waals surface area contributed by atoms with Gasteiger partial charge >= 0.3 is 6.03 Å². The zero-order chi connectivity index (χ0) is 17.7. The third-order valence-electron chi connectivity index (χ3n) is 3.12. The second-order valence-corrected chi connectivity index (χ2v) is 7.08. The molecule has 2 aromatic rings. The molecule has 8 heteroatoms. The van der Waals surface area contributed by atoms with Gasteiger partial charge in [-0.1, -0.05) is 18.2 Å². The highest BCUT2D eigenvalue weighted by atomic mass is 32.2. The van der Waals surface area contributed by atoms with Crippen LogP contribution in [0.5, 0.6) is 0 Å². The van der Waals surface area contributed by atoms with Gasteiger partial charge in [0, 0.05) is 11.4 Å². The predicted molar refractivity (Wildman–Crippen MR) is 91.9 cm³/mol. The number of halogens is 1. The fourth-order valence-electron chi connectivity index (χ4n) is 2.10. The number of anilines is 2. The van der Waals surface area contributed by atoms with E-state index in [1.807, 2.05) is 0 Å². The van der Waals surface area contributed by atoms with Crippen LogP contribution >= 0.6 is 0 Å². The van der Waals surface area contributed by atoms with Gasteiger partial charge in [0.1, 0.15) is 5.82 Å². The molecule has 24 heavy (non-hydrogen) atoms. The molecule has 0 spiro atoms. The fraction of sp³-hybridized carbons (Fsp3) is 0.188. The summed E-state index contributed by atoms with van der Waals surface area (Å²) in [5.74, 6) is -0.444. The lowest BCUT2D eigenvalue weighted by atomic mass is 10.1. The van der Waals surface area contributed by atoms with Crippen LogP contribution in [-0.2, 0) is 10.0 Å². The first kappa shape index (κ1) is 17.7. The highest BCUT2D eigenvalue weighted by Crippen LogP contribution is 2.18. The van der Waals surface area contributed by atoms with Crippen LogP contribution in [0.4, 0.5) is 20.6 Å². The van der Waals surface area contributed by atoms with Gasteiger partial charge in [-0.25, -0.2) is 17.6 Å². The SMILES string of the molecule is CC(NC(=O)Nc1cccc(F)c1)c1cccc(NS(C)(=O)=O)c1. The molecule has 0 saturated carbocycles. The summed E-state index contributed by atoms with van der Waals surface area (Å²) in [5.41, 5.74) is 1.47. The maximum atomic E-state index is 13.1. The van der Waals surface area contributed by atoms with Crippen molar-refractivity contribution >= 4 is 27.4 Å². The van der Waals surface area contributed by atoms with Crippen molar-refractivity contribution in [2.75, 3.05) is 16.3 Å². The maximum Gasteiger partial charge on any atom is 0.319 e. The monoisotopic (exact) mass is 351 g/mol. The standard InChI is InChI=1S/C16H18FN3O3S/c1-11(12-5-3-8-15(9-12)20-24(2,22)23)18-16(21)19-14-7-4-6-13(17)10-14/h3-11,20H,1-2H3,(H2,18,19,21). The number of carbonyl (C=O) groups excluding carboxylic acids is 1. The van der Waals surface area contributed by atoms with Crippen LogP contribution < -0.4 is 15.4 Å². The average Bonchev–Trinajstić information content (AvgIpc) is 2.45. The minimum Gasteiger partial charge on any atom is -0.331 e. The molecule has 0 saturated heterocycles. The summed E-state index contributed by atoms with van der Waals surface area (Å²) < 4.78 is 38.0. The number of nitrogens with one attached hydrogen (secondary N) is 3. The summed E-state index contributed by atoms with van der Waals surface area (Å²) in [7, 11) is -3.37. The van der Waals surface area contributed by atoms with Gasteiger partial charge < -0.3 is 10.6 Å². The Balaban J connectivity index is 2.02. The van der Waals surface area contributed by atoms with E-state index in [4.69, 9.17) is 0 Å². The van der Waals surface area contributed by atoms with Gasteiger partial charge in [0.2, 0.25) is 10.0 Å². The molecule has 3 N–H and O–H groups in total. The van der Waals surface area contributed by atoms with E-state index in [1.54, 1.807) is 37.3 Å². The van der Waals surface area contributed by atoms with Crippen molar-refractivity contribution in [3.8, 4) is 0 Å². The van der Waals surface area contributed by atoms with Gasteiger partial charge in [0.05, 0.1) is 12.3 Å². The lowest BCUT2D eigenvalue weighted by Gasteiger charge is -2.16. The number of rotatable bonds is 5. The number of sulfonamides is 1. The highest BCUT2D eigenvalue weighted by molar-refractivity contribution is 7.92. The third-order valence-corrected chi connectivity index (χ3v) is 3.73. The van der Waals surface area contributed by atoms with Crippen molar-refractivity contribution < 1.29 is 17.6 Å². The normalized spacial score (nSPS) is 12.3. The van der Waals surface area contributed by atoms with Gasteiger partial charge in [-0.05, 0) is 42.8 Å². The number of hydrogen-bond donors (Lipinski definition) is 3. The first-order valence-electron chi connectivity index (χ1n) is 7.14. The number of benzene rings is 2. The van der Waals surface area contributed by atoms with Crippen LogP contribution in [0.3, 0.4) is 0 Å². The van der Waals surface area contributed by atoms with E-state index in [0.29, 0.717) is 11.4 Å². The second kappa shape index (κ2) is 7.31. The lowest BCUT2D eigenvalue weighted by molar-refractivity contribution is 0.249. The van der Waals surface area contributed by atoms with E-state index < -0.39 is 21.9 Å². The number of urea groups is 1. The Bertz CT molecular complexity index is 840. The van der Waals surface area contributed by atoms with Gasteiger partial charge in [-0.15, -0.1) is 0 Å². The molecule has 6 nitrogen and oxygen atoms in total. The van der Waals surface area contributed by atoms with Gasteiger partial charge in [-0.3, -0.25) is 4.72 Å². The zero-order valence-corrected chi connectivity index (χ0v) is 14.0. The van der Waals surface area contributed by atoms with Gasteiger partial charge in [0.25, 0.3) is 0 Å². The van der Waals surface area contributed by atoms with Crippen LogP contribution in [0.15, 0.2) is 48.5 Å². The molecule has 128 valence electrons. The molecule has 0 aliphatic heterocycles. The molecule has 2 rings (SSSR count). The molecule has 0 aromatic heterocycles. The number of hydrogen-bond acceptors (Lipinski definition) is 3. The molecular weight excluding hydrogens is 333 g/mol. The first-order valence-corrected chi connectivity index (χ1v) is 9.03. The van der Waals surface area contributed by atoms with Gasteiger partial charge in [-0.2, -0.15) is 0 Å². The van der Waals surface area contributed by atoms with Crippen LogP contribution in [0.25, 0.3) is 0 Å². The zero-order valence-electron chi connectivity index (χ0n) is 13.2. The smallest absolute Gasteiger partial charge is 0.319 e. The van der Waals surface area contributed by atoms with Crippen molar-refractivity contribution in [2.45, 2.75) is 13.0 Å². The molecule has 0 bridgehead atoms. The Kier molecular flexibility index (Phi) is 5.40. The molecule has 0 radical (unpaired) electrons. The van der Waals surface area contributed by atoms with E-state index in [9.17, 15) is 17.6 Å². The summed E-state index contributed by atoms with van der Waals surface area (Å²) in [6.07, 6.45) is 1.06. The first-order chi connectivity index (χ1) is 11.2. The fourth-order valence-corrected chi connectivity index (χ4v) is 2.65. The summed E-state index contributed by atoms with van der Waals surface area (Å²) in [6.45, 7) is 1.75. The van der Waals surface area contributed by atoms with Crippen molar-refractivity contribution in [1.29, 1.82) is 0 Å². The van der Waals surface area contributed by atoms with E-state index in [0.717, 1.165) is 11.8 Å². The summed E-state index contributed by atoms with van der Waals surface area (Å²) >= 11 is 0. The Morgan fingerprint density at radius 2 is 1.75 bits per heavy atom. The summed E-state index contributed by atoms with van der Waals surface area (Å²) in [4.78, 5) is 12.0. The molecule has 2 aromatic carbocycles. The number of carbonyl (C=O) groups is 1. The molecule has 1 unspecified atom stereocenters. The molecule has 2 amide bonds. The van der Waals surface area contributed by atoms with Crippen LogP contribution in [-0.4, -0.2) is 20.7 Å². The van der Waals surface area contributed by atoms with Gasteiger partial charge in [0.15, 0.2) is 0 Å². The summed E-state index contributed by atoms with van der Waals surface area (Å²) in [5, 5.41) is 5.24. The predicted octanol–water partition coefficient (Wildman–Crippen LogP) is 3.08. The number of amides is 2. The average molecular weight is 351 g/mol. The van der Waals surface area contributed by atoms with Crippen LogP contribution in [0, 0.1) is 5.82 Å². The molecule has 0 heterocycles. The minimum atomic E-state index is -3.37. The molecule has 0 aliphatic carbocycles. The van der Waals surface area contributed by atoms with Crippen molar-refractivity contribution in [1.82, 2.24) is 5.32 Å². The minimum absolute atomic E-state index is 0.340. The third kappa shape index (κ3) is 5.54. The Labute approximate surface area is 140 Å². The maximum absolute atomic E-state index is 13.1. The Morgan fingerprint density at radius 3 is 2.42 bits per heavy atom. The Morgan fingerprint density at radius 1 is 1.08 bits per heavy atom. The van der Waals surface area contributed by atoms with Crippen molar-refractivity contribution in [2.24, 2.45) is 0 Å². The topological polar surface area (TPSA) is 87.3 Å². The van der Waals surface area contributed by atoms with Crippen LogP contribution in [0.2, 0.25) is 0 Å². The van der Waals surface area contributed by atoms with E-state index in [2.05, 4.69) is 15.4 Å². The molecule has 1 atom stereocenters. The summed E-state index contributed by atoms with van der Waals surface area (Å²) in [6, 6.07) is 11.4. The molecule has 0 aliphatic rings. The van der Waals surface area contributed by atoms with E-state index >= 15 is 0 Å². The van der Waals surface area contributed by atoms with Crippen LogP contribution in [0.1, 0.15) is 18.5 Å². The largest absolute Gasteiger partial charge is 0.331 e. The van der Waals surface area contributed by atoms with Crippen molar-refractivity contribution in [3.63, 3.8) is 0 Å². The lowest BCUT2D eigenvalue weighted by Crippen LogP contribution is -2.31. The Hall–Kier alpha value is -2.61. The molecular formula is C16H18FN3O3S. The molecule has 0 fully saturated rings. The van der Waals surface area contributed by atoms with Crippen molar-refractivity contribution in [3.05, 3.63) is 59.9 Å².